The average molecular weight is 563 g/mol. The minimum atomic E-state index is -3.22. The number of guanidine groups is 1. The Balaban J connectivity index is 0.00000480. The summed E-state index contributed by atoms with van der Waals surface area (Å²) >= 11 is 0. The van der Waals surface area contributed by atoms with Gasteiger partial charge in [0.15, 0.2) is 15.8 Å². The molecule has 0 heterocycles. The van der Waals surface area contributed by atoms with Crippen LogP contribution in [0.15, 0.2) is 47.5 Å². The van der Waals surface area contributed by atoms with Crippen molar-refractivity contribution < 1.29 is 17.5 Å². The van der Waals surface area contributed by atoms with E-state index in [1.807, 2.05) is 24.3 Å². The van der Waals surface area contributed by atoms with E-state index in [1.54, 1.807) is 7.05 Å². The summed E-state index contributed by atoms with van der Waals surface area (Å²) in [6.07, 6.45) is 1.16. The van der Waals surface area contributed by atoms with Gasteiger partial charge >= 0.3 is 0 Å². The van der Waals surface area contributed by atoms with Crippen LogP contribution in [-0.4, -0.2) is 34.3 Å². The summed E-state index contributed by atoms with van der Waals surface area (Å²) in [4.78, 5) is 4.17. The third kappa shape index (κ3) is 10.3. The van der Waals surface area contributed by atoms with Crippen LogP contribution in [0.1, 0.15) is 30.5 Å². The van der Waals surface area contributed by atoms with Gasteiger partial charge in [-0.05, 0) is 46.9 Å². The van der Waals surface area contributed by atoms with Gasteiger partial charge in [-0.3, -0.25) is 4.99 Å². The smallest absolute Gasteiger partial charge is 0.191 e. The van der Waals surface area contributed by atoms with Crippen LogP contribution in [0.4, 0.5) is 4.39 Å². The molecule has 31 heavy (non-hydrogen) atoms. The van der Waals surface area contributed by atoms with Crippen LogP contribution in [0.5, 0.6) is 5.75 Å². The van der Waals surface area contributed by atoms with Crippen LogP contribution >= 0.6 is 24.0 Å². The molecule has 2 rings (SSSR count). The molecule has 0 spiro atoms. The van der Waals surface area contributed by atoms with Crippen LogP contribution < -0.4 is 15.4 Å². The molecule has 0 amide bonds. The molecular formula is C22H31FIN3O3S. The van der Waals surface area contributed by atoms with Crippen molar-refractivity contribution in [3.63, 3.8) is 0 Å². The Morgan fingerprint density at radius 1 is 1.06 bits per heavy atom. The number of halogens is 2. The Labute approximate surface area is 201 Å². The normalized spacial score (nSPS) is 11.7. The van der Waals surface area contributed by atoms with E-state index in [0.29, 0.717) is 36.2 Å². The molecule has 0 aromatic heterocycles. The fourth-order valence-corrected chi connectivity index (χ4v) is 3.58. The number of benzene rings is 2. The largest absolute Gasteiger partial charge is 0.493 e. The molecule has 0 aliphatic carbocycles. The molecule has 0 radical (unpaired) electrons. The second-order valence-corrected chi connectivity index (χ2v) is 9.75. The maximum atomic E-state index is 13.7. The van der Waals surface area contributed by atoms with E-state index in [4.69, 9.17) is 4.74 Å². The number of sulfone groups is 1. The topological polar surface area (TPSA) is 79.8 Å². The molecule has 0 fully saturated rings. The first-order valence-corrected chi connectivity index (χ1v) is 11.8. The van der Waals surface area contributed by atoms with E-state index in [1.165, 1.54) is 18.2 Å². The molecule has 0 aliphatic heterocycles. The highest BCUT2D eigenvalue weighted by atomic mass is 127. The number of aliphatic imine (C=N–C) groups is 1. The van der Waals surface area contributed by atoms with Crippen molar-refractivity contribution in [3.8, 4) is 5.75 Å². The average Bonchev–Trinajstić information content (AvgIpc) is 2.68. The van der Waals surface area contributed by atoms with Gasteiger partial charge in [-0.1, -0.05) is 32.0 Å². The zero-order valence-electron chi connectivity index (χ0n) is 18.3. The SMILES string of the molecule is CN=C(NCc1ccc(OCC(C)C)cc1)NCc1cc(F)ccc1CS(C)(=O)=O.I. The minimum absolute atomic E-state index is 0. The van der Waals surface area contributed by atoms with Crippen molar-refractivity contribution in [1.29, 1.82) is 0 Å². The van der Waals surface area contributed by atoms with E-state index in [9.17, 15) is 12.8 Å². The number of nitrogens with one attached hydrogen (secondary N) is 2. The minimum Gasteiger partial charge on any atom is -0.493 e. The second kappa shape index (κ2) is 12.8. The quantitative estimate of drug-likeness (QED) is 0.275. The van der Waals surface area contributed by atoms with E-state index < -0.39 is 15.7 Å². The predicted octanol–water partition coefficient (Wildman–Crippen LogP) is 3.89. The van der Waals surface area contributed by atoms with Crippen LogP contribution in [0.3, 0.4) is 0 Å². The predicted molar refractivity (Wildman–Crippen MR) is 134 cm³/mol. The molecule has 0 saturated carbocycles. The Morgan fingerprint density at radius 2 is 1.71 bits per heavy atom. The lowest BCUT2D eigenvalue weighted by Crippen LogP contribution is -2.36. The molecule has 0 unspecified atom stereocenters. The lowest BCUT2D eigenvalue weighted by molar-refractivity contribution is 0.271. The van der Waals surface area contributed by atoms with E-state index in [0.717, 1.165) is 17.6 Å². The van der Waals surface area contributed by atoms with Gasteiger partial charge in [-0.25, -0.2) is 12.8 Å². The first kappa shape index (κ1) is 27.2. The van der Waals surface area contributed by atoms with Gasteiger partial charge < -0.3 is 15.4 Å². The second-order valence-electron chi connectivity index (χ2n) is 7.61. The zero-order valence-corrected chi connectivity index (χ0v) is 21.5. The number of hydrogen-bond acceptors (Lipinski definition) is 4. The van der Waals surface area contributed by atoms with Gasteiger partial charge in [0.05, 0.1) is 12.4 Å². The zero-order chi connectivity index (χ0) is 22.1. The third-order valence-electron chi connectivity index (χ3n) is 4.22. The molecule has 2 aromatic carbocycles. The van der Waals surface area contributed by atoms with Crippen LogP contribution in [0, 0.1) is 11.7 Å². The third-order valence-corrected chi connectivity index (χ3v) is 5.06. The standard InChI is InChI=1S/C22H30FN3O3S.HI/c1-16(2)14-29-21-9-5-17(6-10-21)12-25-22(24-3)26-13-19-11-20(23)8-7-18(19)15-30(4,27)28;/h5-11,16H,12-15H2,1-4H3,(H2,24,25,26);1H. The maximum Gasteiger partial charge on any atom is 0.191 e. The molecule has 2 N–H and O–H groups in total. The van der Waals surface area contributed by atoms with Crippen molar-refractivity contribution >= 4 is 39.8 Å². The molecule has 9 heteroatoms. The molecule has 6 nitrogen and oxygen atoms in total. The first-order chi connectivity index (χ1) is 14.2. The van der Waals surface area contributed by atoms with Crippen molar-refractivity contribution in [2.75, 3.05) is 19.9 Å². The molecule has 172 valence electrons. The number of nitrogens with zero attached hydrogens (tertiary/aromatic N) is 1. The summed E-state index contributed by atoms with van der Waals surface area (Å²) in [7, 11) is -1.58. The van der Waals surface area contributed by atoms with Gasteiger partial charge in [0.25, 0.3) is 0 Å². The highest BCUT2D eigenvalue weighted by molar-refractivity contribution is 14.0. The van der Waals surface area contributed by atoms with Crippen LogP contribution in [0.25, 0.3) is 0 Å². The van der Waals surface area contributed by atoms with Gasteiger partial charge in [0.1, 0.15) is 11.6 Å². The molecule has 0 bridgehead atoms. The summed E-state index contributed by atoms with van der Waals surface area (Å²) in [6.45, 7) is 5.68. The van der Waals surface area contributed by atoms with Crippen molar-refractivity contribution in [2.45, 2.75) is 32.7 Å². The number of hydrogen-bond donors (Lipinski definition) is 2. The van der Waals surface area contributed by atoms with Crippen molar-refractivity contribution in [3.05, 3.63) is 65.0 Å². The Hall–Kier alpha value is -1.88. The Bertz CT molecular complexity index is 964. The van der Waals surface area contributed by atoms with Gasteiger partial charge in [-0.15, -0.1) is 24.0 Å². The van der Waals surface area contributed by atoms with E-state index in [2.05, 4.69) is 29.5 Å². The number of rotatable bonds is 9. The molecule has 0 atom stereocenters. The van der Waals surface area contributed by atoms with Gasteiger partial charge in [0.2, 0.25) is 0 Å². The maximum absolute atomic E-state index is 13.7. The van der Waals surface area contributed by atoms with Gasteiger partial charge in [-0.2, -0.15) is 0 Å². The Kier molecular flexibility index (Phi) is 11.3. The fraction of sp³-hybridized carbons (Fsp3) is 0.409. The summed E-state index contributed by atoms with van der Waals surface area (Å²) in [5.74, 6) is 1.29. The monoisotopic (exact) mass is 563 g/mol. The number of ether oxygens (including phenoxy) is 1. The molecule has 2 aromatic rings. The Morgan fingerprint density at radius 3 is 2.29 bits per heavy atom. The van der Waals surface area contributed by atoms with Crippen molar-refractivity contribution in [1.82, 2.24) is 10.6 Å². The lowest BCUT2D eigenvalue weighted by Gasteiger charge is -2.15. The first-order valence-electron chi connectivity index (χ1n) is 9.77. The lowest BCUT2D eigenvalue weighted by atomic mass is 10.1. The van der Waals surface area contributed by atoms with Crippen LogP contribution in [0.2, 0.25) is 0 Å². The summed E-state index contributed by atoms with van der Waals surface area (Å²) < 4.78 is 42.6. The van der Waals surface area contributed by atoms with Gasteiger partial charge in [0, 0.05) is 26.4 Å². The van der Waals surface area contributed by atoms with E-state index >= 15 is 0 Å². The van der Waals surface area contributed by atoms with Crippen LogP contribution in [-0.2, 0) is 28.7 Å². The van der Waals surface area contributed by atoms with Crippen molar-refractivity contribution in [2.24, 2.45) is 10.9 Å². The summed E-state index contributed by atoms with van der Waals surface area (Å²) in [5.41, 5.74) is 2.20. The molecule has 0 aliphatic rings. The highest BCUT2D eigenvalue weighted by Gasteiger charge is 2.11. The highest BCUT2D eigenvalue weighted by Crippen LogP contribution is 2.15. The fourth-order valence-electron chi connectivity index (χ4n) is 2.73. The summed E-state index contributed by atoms with van der Waals surface area (Å²) in [6, 6.07) is 11.9. The summed E-state index contributed by atoms with van der Waals surface area (Å²) in [5, 5.41) is 6.30. The molecule has 0 saturated heterocycles. The molecular weight excluding hydrogens is 532 g/mol. The van der Waals surface area contributed by atoms with E-state index in [-0.39, 0.29) is 36.3 Å².